The fourth-order valence-electron chi connectivity index (χ4n) is 1.47. The summed E-state index contributed by atoms with van der Waals surface area (Å²) in [6.07, 6.45) is 1.08. The van der Waals surface area contributed by atoms with Gasteiger partial charge in [-0.15, -0.1) is 0 Å². The molecule has 1 aromatic rings. The van der Waals surface area contributed by atoms with E-state index in [4.69, 9.17) is 4.74 Å². The molecule has 0 aliphatic rings. The highest BCUT2D eigenvalue weighted by Gasteiger charge is 2.01. The molecule has 0 amide bonds. The van der Waals surface area contributed by atoms with Crippen molar-refractivity contribution in [3.05, 3.63) is 29.8 Å². The van der Waals surface area contributed by atoms with Crippen LogP contribution in [0.3, 0.4) is 0 Å². The van der Waals surface area contributed by atoms with Gasteiger partial charge in [-0.25, -0.2) is 0 Å². The lowest BCUT2D eigenvalue weighted by molar-refractivity contribution is 0.258. The zero-order valence-electron chi connectivity index (χ0n) is 9.92. The Morgan fingerprint density at radius 3 is 2.47 bits per heavy atom. The number of ether oxygens (including phenoxy) is 1. The molecular formula is C13H21NO. The Labute approximate surface area is 92.6 Å². The first-order valence-corrected chi connectivity index (χ1v) is 5.62. The van der Waals surface area contributed by atoms with Crippen LogP contribution in [0.25, 0.3) is 0 Å². The molecule has 84 valence electrons. The van der Waals surface area contributed by atoms with Crippen molar-refractivity contribution < 1.29 is 4.74 Å². The molecule has 0 saturated carbocycles. The minimum Gasteiger partial charge on any atom is -0.493 e. The maximum atomic E-state index is 5.68. The topological polar surface area (TPSA) is 21.3 Å². The Hall–Kier alpha value is -1.02. The number of aryl methyl sites for hydroxylation is 1. The third-order valence-electron chi connectivity index (χ3n) is 2.42. The fraction of sp³-hybridized carbons (Fsp3) is 0.538. The Balaban J connectivity index is 2.37. The van der Waals surface area contributed by atoms with Crippen LogP contribution in [-0.2, 0) is 6.42 Å². The second-order valence-corrected chi connectivity index (χ2v) is 3.97. The van der Waals surface area contributed by atoms with E-state index in [0.717, 1.165) is 25.3 Å². The summed E-state index contributed by atoms with van der Waals surface area (Å²) in [5, 5.41) is 3.14. The first-order chi connectivity index (χ1) is 7.26. The molecule has 1 N–H and O–H groups in total. The minimum atomic E-state index is 0.542. The standard InChI is InChI=1S/C13H21NO/c1-4-12-5-7-13(8-6-12)15-10-11(2)9-14-3/h5-8,11,14H,4,9-10H2,1-3H3. The predicted molar refractivity (Wildman–Crippen MR) is 64.4 cm³/mol. The van der Waals surface area contributed by atoms with Gasteiger partial charge in [0.15, 0.2) is 0 Å². The lowest BCUT2D eigenvalue weighted by Crippen LogP contribution is -2.21. The number of hydrogen-bond donors (Lipinski definition) is 1. The molecule has 15 heavy (non-hydrogen) atoms. The summed E-state index contributed by atoms with van der Waals surface area (Å²) in [5.74, 6) is 1.51. The van der Waals surface area contributed by atoms with E-state index in [9.17, 15) is 0 Å². The van der Waals surface area contributed by atoms with Crippen molar-refractivity contribution in [3.63, 3.8) is 0 Å². The van der Waals surface area contributed by atoms with Crippen molar-refractivity contribution in [2.24, 2.45) is 5.92 Å². The van der Waals surface area contributed by atoms with Crippen molar-refractivity contribution >= 4 is 0 Å². The van der Waals surface area contributed by atoms with Crippen molar-refractivity contribution in [1.82, 2.24) is 5.32 Å². The van der Waals surface area contributed by atoms with Crippen LogP contribution in [0.1, 0.15) is 19.4 Å². The second-order valence-electron chi connectivity index (χ2n) is 3.97. The molecule has 0 radical (unpaired) electrons. The summed E-state index contributed by atoms with van der Waals surface area (Å²) in [7, 11) is 1.96. The molecule has 0 aromatic heterocycles. The summed E-state index contributed by atoms with van der Waals surface area (Å²) in [4.78, 5) is 0. The van der Waals surface area contributed by atoms with Gasteiger partial charge in [-0.05, 0) is 31.2 Å². The van der Waals surface area contributed by atoms with Crippen LogP contribution in [-0.4, -0.2) is 20.2 Å². The van der Waals surface area contributed by atoms with Gasteiger partial charge in [0.25, 0.3) is 0 Å². The highest BCUT2D eigenvalue weighted by Crippen LogP contribution is 2.13. The molecule has 0 aliphatic carbocycles. The van der Waals surface area contributed by atoms with Gasteiger partial charge in [0.2, 0.25) is 0 Å². The third-order valence-corrected chi connectivity index (χ3v) is 2.42. The maximum absolute atomic E-state index is 5.68. The van der Waals surface area contributed by atoms with Gasteiger partial charge in [0.1, 0.15) is 5.75 Å². The highest BCUT2D eigenvalue weighted by molar-refractivity contribution is 5.27. The van der Waals surface area contributed by atoms with E-state index in [1.807, 2.05) is 19.2 Å². The molecule has 0 bridgehead atoms. The first kappa shape index (κ1) is 12.1. The van der Waals surface area contributed by atoms with Crippen LogP contribution in [0.5, 0.6) is 5.75 Å². The molecule has 0 heterocycles. The van der Waals surface area contributed by atoms with Crippen molar-refractivity contribution in [2.45, 2.75) is 20.3 Å². The monoisotopic (exact) mass is 207 g/mol. The van der Waals surface area contributed by atoms with Gasteiger partial charge in [-0.1, -0.05) is 26.0 Å². The van der Waals surface area contributed by atoms with Crippen molar-refractivity contribution in [1.29, 1.82) is 0 Å². The summed E-state index contributed by atoms with van der Waals surface area (Å²) in [6.45, 7) is 6.10. The number of nitrogens with one attached hydrogen (secondary N) is 1. The minimum absolute atomic E-state index is 0.542. The van der Waals surface area contributed by atoms with Crippen LogP contribution < -0.4 is 10.1 Å². The Kier molecular flexibility index (Phi) is 5.19. The van der Waals surface area contributed by atoms with Crippen molar-refractivity contribution in [3.8, 4) is 5.75 Å². The quantitative estimate of drug-likeness (QED) is 0.773. The van der Waals surface area contributed by atoms with Crippen LogP contribution in [0.15, 0.2) is 24.3 Å². The molecule has 1 rings (SSSR count). The Morgan fingerprint density at radius 1 is 1.27 bits per heavy atom. The molecule has 0 saturated heterocycles. The normalized spacial score (nSPS) is 12.5. The van der Waals surface area contributed by atoms with E-state index in [1.54, 1.807) is 0 Å². The van der Waals surface area contributed by atoms with Crippen LogP contribution in [0, 0.1) is 5.92 Å². The zero-order valence-corrected chi connectivity index (χ0v) is 9.92. The van der Waals surface area contributed by atoms with Crippen LogP contribution in [0.2, 0.25) is 0 Å². The van der Waals surface area contributed by atoms with Crippen LogP contribution in [0.4, 0.5) is 0 Å². The predicted octanol–water partition coefficient (Wildman–Crippen LogP) is 2.48. The summed E-state index contributed by atoms with van der Waals surface area (Å²) >= 11 is 0. The zero-order chi connectivity index (χ0) is 11.1. The third kappa shape index (κ3) is 4.34. The fourth-order valence-corrected chi connectivity index (χ4v) is 1.47. The Bertz CT molecular complexity index is 268. The average molecular weight is 207 g/mol. The van der Waals surface area contributed by atoms with Gasteiger partial charge >= 0.3 is 0 Å². The van der Waals surface area contributed by atoms with E-state index in [-0.39, 0.29) is 0 Å². The van der Waals surface area contributed by atoms with E-state index >= 15 is 0 Å². The Morgan fingerprint density at radius 2 is 1.93 bits per heavy atom. The second kappa shape index (κ2) is 6.46. The van der Waals surface area contributed by atoms with Gasteiger partial charge in [0, 0.05) is 12.5 Å². The lowest BCUT2D eigenvalue weighted by atomic mass is 10.1. The van der Waals surface area contributed by atoms with Gasteiger partial charge in [-0.3, -0.25) is 0 Å². The molecule has 1 aromatic carbocycles. The number of benzene rings is 1. The summed E-state index contributed by atoms with van der Waals surface area (Å²) < 4.78 is 5.68. The first-order valence-electron chi connectivity index (χ1n) is 5.62. The average Bonchev–Trinajstić information content (AvgIpc) is 2.27. The molecule has 0 fully saturated rings. The molecule has 1 atom stereocenters. The number of hydrogen-bond acceptors (Lipinski definition) is 2. The molecule has 2 heteroatoms. The SMILES string of the molecule is CCc1ccc(OCC(C)CNC)cc1. The van der Waals surface area contributed by atoms with E-state index < -0.39 is 0 Å². The largest absolute Gasteiger partial charge is 0.493 e. The van der Waals surface area contributed by atoms with E-state index in [1.165, 1.54) is 5.56 Å². The van der Waals surface area contributed by atoms with Gasteiger partial charge < -0.3 is 10.1 Å². The van der Waals surface area contributed by atoms with Crippen LogP contribution >= 0.6 is 0 Å². The van der Waals surface area contributed by atoms with Crippen molar-refractivity contribution in [2.75, 3.05) is 20.2 Å². The molecule has 0 aliphatic heterocycles. The molecule has 2 nitrogen and oxygen atoms in total. The van der Waals surface area contributed by atoms with E-state index in [2.05, 4.69) is 31.3 Å². The van der Waals surface area contributed by atoms with E-state index in [0.29, 0.717) is 5.92 Å². The van der Waals surface area contributed by atoms with Gasteiger partial charge in [-0.2, -0.15) is 0 Å². The van der Waals surface area contributed by atoms with Gasteiger partial charge in [0.05, 0.1) is 6.61 Å². The number of rotatable bonds is 6. The maximum Gasteiger partial charge on any atom is 0.119 e. The molecular weight excluding hydrogens is 186 g/mol. The highest BCUT2D eigenvalue weighted by atomic mass is 16.5. The lowest BCUT2D eigenvalue weighted by Gasteiger charge is -2.12. The summed E-state index contributed by atoms with van der Waals surface area (Å²) in [5.41, 5.74) is 1.35. The molecule has 0 spiro atoms. The smallest absolute Gasteiger partial charge is 0.119 e. The molecule has 1 unspecified atom stereocenters. The summed E-state index contributed by atoms with van der Waals surface area (Å²) in [6, 6.07) is 8.34.